The van der Waals surface area contributed by atoms with Crippen molar-refractivity contribution < 1.29 is 4.74 Å². The van der Waals surface area contributed by atoms with Gasteiger partial charge in [0.15, 0.2) is 5.82 Å². The Hall–Kier alpha value is -5.53. The van der Waals surface area contributed by atoms with Crippen LogP contribution < -0.4 is 4.74 Å². The predicted octanol–water partition coefficient (Wildman–Crippen LogP) is 9.45. The molecule has 42 heavy (non-hydrogen) atoms. The molecule has 1 aliphatic heterocycles. The van der Waals surface area contributed by atoms with Crippen molar-refractivity contribution in [2.45, 2.75) is 19.3 Å². The molecule has 0 amide bonds. The molecular weight excluding hydrogens is 514 g/mol. The van der Waals surface area contributed by atoms with Gasteiger partial charge in [0.25, 0.3) is 0 Å². The number of nitriles is 1. The summed E-state index contributed by atoms with van der Waals surface area (Å²) >= 11 is 0. The molecule has 0 atom stereocenters. The summed E-state index contributed by atoms with van der Waals surface area (Å²) in [6, 6.07) is 45.1. The summed E-state index contributed by atoms with van der Waals surface area (Å²) in [6.45, 7) is 4.35. The number of fused-ring (bicyclic) bond motifs is 2. The Morgan fingerprint density at radius 3 is 1.88 bits per heavy atom. The van der Waals surface area contributed by atoms with Crippen molar-refractivity contribution in [2.75, 3.05) is 0 Å². The highest BCUT2D eigenvalue weighted by Gasteiger charge is 2.35. The third kappa shape index (κ3) is 4.42. The van der Waals surface area contributed by atoms with Crippen molar-refractivity contribution in [1.82, 2.24) is 9.97 Å². The molecule has 1 aromatic heterocycles. The molecule has 0 N–H and O–H groups in total. The topological polar surface area (TPSA) is 58.8 Å². The molecule has 0 fully saturated rings. The van der Waals surface area contributed by atoms with E-state index in [2.05, 4.69) is 86.6 Å². The minimum atomic E-state index is -0.371. The van der Waals surface area contributed by atoms with Gasteiger partial charge < -0.3 is 4.74 Å². The van der Waals surface area contributed by atoms with E-state index >= 15 is 0 Å². The first-order chi connectivity index (χ1) is 20.5. The molecule has 4 nitrogen and oxygen atoms in total. The van der Waals surface area contributed by atoms with Gasteiger partial charge in [0.1, 0.15) is 11.5 Å². The zero-order valence-corrected chi connectivity index (χ0v) is 23.4. The molecule has 2 heterocycles. The van der Waals surface area contributed by atoms with E-state index in [4.69, 9.17) is 14.7 Å². The van der Waals surface area contributed by atoms with Crippen molar-refractivity contribution in [2.24, 2.45) is 0 Å². The van der Waals surface area contributed by atoms with Crippen LogP contribution in [0.4, 0.5) is 0 Å². The highest BCUT2D eigenvalue weighted by Crippen LogP contribution is 2.49. The van der Waals surface area contributed by atoms with Crippen LogP contribution in [0, 0.1) is 11.3 Å². The fraction of sp³-hybridized carbons (Fsp3) is 0.0789. The van der Waals surface area contributed by atoms with E-state index in [9.17, 15) is 5.26 Å². The van der Waals surface area contributed by atoms with E-state index < -0.39 is 0 Å². The van der Waals surface area contributed by atoms with E-state index in [0.717, 1.165) is 61.8 Å². The second-order valence-corrected chi connectivity index (χ2v) is 11.0. The third-order valence-electron chi connectivity index (χ3n) is 8.00. The van der Waals surface area contributed by atoms with Crippen molar-refractivity contribution in [1.29, 1.82) is 5.26 Å². The van der Waals surface area contributed by atoms with Crippen molar-refractivity contribution >= 4 is 0 Å². The summed E-state index contributed by atoms with van der Waals surface area (Å²) in [5.41, 5.74) is 9.21. The van der Waals surface area contributed by atoms with Gasteiger partial charge in [-0.05, 0) is 53.6 Å². The van der Waals surface area contributed by atoms with Crippen LogP contribution in [0.25, 0.3) is 45.0 Å². The van der Waals surface area contributed by atoms with Crippen LogP contribution in [-0.4, -0.2) is 9.97 Å². The Morgan fingerprint density at radius 2 is 1.17 bits per heavy atom. The van der Waals surface area contributed by atoms with E-state index in [0.29, 0.717) is 11.4 Å². The lowest BCUT2D eigenvalue weighted by Crippen LogP contribution is -2.24. The number of rotatable bonds is 4. The van der Waals surface area contributed by atoms with Crippen LogP contribution in [-0.2, 0) is 5.41 Å². The van der Waals surface area contributed by atoms with E-state index in [1.807, 2.05) is 54.6 Å². The number of hydrogen-bond acceptors (Lipinski definition) is 4. The zero-order valence-electron chi connectivity index (χ0n) is 23.4. The van der Waals surface area contributed by atoms with Gasteiger partial charge in [-0.15, -0.1) is 0 Å². The standard InChI is InChI=1S/C38H27N3O/c1-38(2)31-21-25(24-39)17-19-35(31)42-36-20-18-28(22-32(36)38)33-23-34(41-37(40-33)27-13-7-4-8-14-27)30-16-10-9-15-29(30)26-11-5-3-6-12-26/h3-23H,1-2H3. The van der Waals surface area contributed by atoms with Gasteiger partial charge >= 0.3 is 0 Å². The third-order valence-corrected chi connectivity index (χ3v) is 8.00. The molecule has 0 radical (unpaired) electrons. The summed E-state index contributed by atoms with van der Waals surface area (Å²) < 4.78 is 6.31. The van der Waals surface area contributed by atoms with Gasteiger partial charge in [0, 0.05) is 33.2 Å². The lowest BCUT2D eigenvalue weighted by atomic mass is 9.75. The molecule has 0 spiro atoms. The molecule has 200 valence electrons. The lowest BCUT2D eigenvalue weighted by Gasteiger charge is -2.35. The highest BCUT2D eigenvalue weighted by atomic mass is 16.5. The molecule has 5 aromatic carbocycles. The maximum atomic E-state index is 9.52. The van der Waals surface area contributed by atoms with Crippen LogP contribution in [0.1, 0.15) is 30.5 Å². The number of ether oxygens (including phenoxy) is 1. The SMILES string of the molecule is CC1(C)c2cc(C#N)ccc2Oc2ccc(-c3cc(-c4ccccc4-c4ccccc4)nc(-c4ccccc4)n3)cc21. The molecule has 7 rings (SSSR count). The van der Waals surface area contributed by atoms with Crippen molar-refractivity contribution in [3.05, 3.63) is 144 Å². The fourth-order valence-electron chi connectivity index (χ4n) is 5.73. The lowest BCUT2D eigenvalue weighted by molar-refractivity contribution is 0.418. The van der Waals surface area contributed by atoms with Gasteiger partial charge in [0.05, 0.1) is 23.0 Å². The van der Waals surface area contributed by atoms with Crippen LogP contribution in [0.15, 0.2) is 127 Å². The summed E-state index contributed by atoms with van der Waals surface area (Å²) in [4.78, 5) is 10.2. The first-order valence-corrected chi connectivity index (χ1v) is 14.0. The molecular formula is C38H27N3O. The average Bonchev–Trinajstić information content (AvgIpc) is 3.05. The second kappa shape index (κ2) is 10.1. The summed E-state index contributed by atoms with van der Waals surface area (Å²) in [5, 5.41) is 9.52. The van der Waals surface area contributed by atoms with Crippen LogP contribution >= 0.6 is 0 Å². The fourth-order valence-corrected chi connectivity index (χ4v) is 5.73. The van der Waals surface area contributed by atoms with Crippen molar-refractivity contribution in [3.8, 4) is 62.6 Å². The van der Waals surface area contributed by atoms with E-state index in [1.165, 1.54) is 0 Å². The largest absolute Gasteiger partial charge is 0.457 e. The number of hydrogen-bond donors (Lipinski definition) is 0. The smallest absolute Gasteiger partial charge is 0.160 e. The number of benzene rings is 5. The molecule has 0 unspecified atom stereocenters. The van der Waals surface area contributed by atoms with Gasteiger partial charge in [-0.3, -0.25) is 0 Å². The van der Waals surface area contributed by atoms with Gasteiger partial charge in [0.2, 0.25) is 0 Å². The minimum Gasteiger partial charge on any atom is -0.457 e. The normalized spacial score (nSPS) is 12.9. The summed E-state index contributed by atoms with van der Waals surface area (Å²) in [5.74, 6) is 2.27. The number of nitrogens with zero attached hydrogens (tertiary/aromatic N) is 3. The van der Waals surface area contributed by atoms with Crippen molar-refractivity contribution in [3.63, 3.8) is 0 Å². The Morgan fingerprint density at radius 1 is 0.571 bits per heavy atom. The predicted molar refractivity (Wildman–Crippen MR) is 167 cm³/mol. The molecule has 0 aliphatic carbocycles. The zero-order chi connectivity index (χ0) is 28.7. The first-order valence-electron chi connectivity index (χ1n) is 14.0. The Balaban J connectivity index is 1.41. The van der Waals surface area contributed by atoms with E-state index in [1.54, 1.807) is 6.07 Å². The molecule has 0 bridgehead atoms. The first kappa shape index (κ1) is 25.4. The molecule has 0 saturated heterocycles. The highest BCUT2D eigenvalue weighted by molar-refractivity contribution is 5.84. The molecule has 4 heteroatoms. The van der Waals surface area contributed by atoms with E-state index in [-0.39, 0.29) is 5.41 Å². The minimum absolute atomic E-state index is 0.371. The Bertz CT molecular complexity index is 1990. The molecule has 1 aliphatic rings. The Labute approximate surface area is 245 Å². The van der Waals surface area contributed by atoms with Crippen LogP contribution in [0.5, 0.6) is 11.5 Å². The van der Waals surface area contributed by atoms with Gasteiger partial charge in [-0.2, -0.15) is 5.26 Å². The maximum Gasteiger partial charge on any atom is 0.160 e. The average molecular weight is 542 g/mol. The molecule has 6 aromatic rings. The van der Waals surface area contributed by atoms with Gasteiger partial charge in [-0.1, -0.05) is 98.8 Å². The van der Waals surface area contributed by atoms with Crippen LogP contribution in [0.2, 0.25) is 0 Å². The molecule has 0 saturated carbocycles. The Kier molecular flexibility index (Phi) is 6.14. The quantitative estimate of drug-likeness (QED) is 0.223. The maximum absolute atomic E-state index is 9.52. The summed E-state index contributed by atoms with van der Waals surface area (Å²) in [7, 11) is 0. The summed E-state index contributed by atoms with van der Waals surface area (Å²) in [6.07, 6.45) is 0. The number of aromatic nitrogens is 2. The van der Waals surface area contributed by atoms with Crippen LogP contribution in [0.3, 0.4) is 0 Å². The van der Waals surface area contributed by atoms with Gasteiger partial charge in [-0.25, -0.2) is 9.97 Å². The monoisotopic (exact) mass is 541 g/mol. The second-order valence-electron chi connectivity index (χ2n) is 11.0.